The molecule has 0 saturated carbocycles. The first-order valence-electron chi connectivity index (χ1n) is 37.0. The van der Waals surface area contributed by atoms with Crippen LogP contribution in [0.5, 0.6) is 0 Å². The quantitative estimate of drug-likeness (QED) is 0.0596. The van der Waals surface area contributed by atoms with Crippen molar-refractivity contribution in [2.24, 2.45) is 5.92 Å². The summed E-state index contributed by atoms with van der Waals surface area (Å²) >= 11 is 0. The molecule has 0 aliphatic heterocycles. The van der Waals surface area contributed by atoms with Crippen molar-refractivity contribution in [1.82, 2.24) is 0 Å². The number of aliphatic hydroxyl groups is 1. The van der Waals surface area contributed by atoms with Gasteiger partial charge in [0.2, 0.25) is 0 Å². The molecule has 0 radical (unpaired) electrons. The minimum Gasteiger partial charge on any atom is -0.481 e. The zero-order valence-electron chi connectivity index (χ0n) is 54.3. The van der Waals surface area contributed by atoms with Crippen LogP contribution in [0.2, 0.25) is 0 Å². The Morgan fingerprint density at radius 1 is 0.269 bits per heavy atom. The van der Waals surface area contributed by atoms with E-state index in [9.17, 15) is 15.0 Å². The van der Waals surface area contributed by atoms with Crippen LogP contribution in [0.1, 0.15) is 444 Å². The van der Waals surface area contributed by atoms with Gasteiger partial charge in [-0.1, -0.05) is 418 Å². The van der Waals surface area contributed by atoms with Gasteiger partial charge >= 0.3 is 5.97 Å². The molecule has 2 N–H and O–H groups in total. The van der Waals surface area contributed by atoms with Crippen LogP contribution in [0.4, 0.5) is 0 Å². The molecule has 0 bridgehead atoms. The van der Waals surface area contributed by atoms with E-state index >= 15 is 0 Å². The third-order valence-electron chi connectivity index (χ3n) is 18.4. The van der Waals surface area contributed by atoms with Gasteiger partial charge in [-0.2, -0.15) is 0 Å². The van der Waals surface area contributed by atoms with Gasteiger partial charge in [0.1, 0.15) is 0 Å². The summed E-state index contributed by atoms with van der Waals surface area (Å²) < 4.78 is 5.34. The van der Waals surface area contributed by atoms with E-state index in [1.54, 1.807) is 0 Å². The van der Waals surface area contributed by atoms with Gasteiger partial charge in [0.15, 0.2) is 0 Å². The van der Waals surface area contributed by atoms with Crippen LogP contribution in [0.15, 0.2) is 0 Å². The molecule has 3 atom stereocenters. The lowest BCUT2D eigenvalue weighted by atomic mass is 9.91. The highest BCUT2D eigenvalue weighted by Gasteiger charge is 2.25. The van der Waals surface area contributed by atoms with E-state index in [2.05, 4.69) is 13.8 Å². The summed E-state index contributed by atoms with van der Waals surface area (Å²) in [5.74, 6) is -1.38. The van der Waals surface area contributed by atoms with Gasteiger partial charge in [0, 0.05) is 7.11 Å². The maximum absolute atomic E-state index is 11.9. The number of methoxy groups -OCH3 is 1. The number of aliphatic hydroxyl groups excluding tert-OH is 1. The smallest absolute Gasteiger partial charge is 0.309 e. The zero-order valence-corrected chi connectivity index (χ0v) is 54.3. The Morgan fingerprint density at radius 2 is 0.423 bits per heavy atom. The summed E-state index contributed by atoms with van der Waals surface area (Å²) in [5.41, 5.74) is 0. The van der Waals surface area contributed by atoms with Gasteiger partial charge < -0.3 is 14.9 Å². The average molecular weight is 1100 g/mol. The molecule has 0 aliphatic rings. The fourth-order valence-electron chi connectivity index (χ4n) is 12.6. The summed E-state index contributed by atoms with van der Waals surface area (Å²) in [7, 11) is 1.83. The maximum Gasteiger partial charge on any atom is 0.309 e. The number of carboxylic acid groups (broad SMARTS) is 1. The monoisotopic (exact) mass is 1100 g/mol. The molecule has 0 rings (SSSR count). The zero-order chi connectivity index (χ0) is 56.4. The van der Waals surface area contributed by atoms with Crippen molar-refractivity contribution in [3.63, 3.8) is 0 Å². The number of aliphatic carboxylic acids is 1. The Balaban J connectivity index is 3.27. The minimum atomic E-state index is -0.800. The summed E-state index contributed by atoms with van der Waals surface area (Å²) in [6, 6.07) is 0. The second-order valence-electron chi connectivity index (χ2n) is 26.2. The van der Waals surface area contributed by atoms with Crippen LogP contribution in [0.25, 0.3) is 0 Å². The molecule has 0 fully saturated rings. The third-order valence-corrected chi connectivity index (χ3v) is 18.4. The lowest BCUT2D eigenvalue weighted by molar-refractivity contribution is -0.146. The maximum atomic E-state index is 11.9. The van der Waals surface area contributed by atoms with E-state index in [1.807, 2.05) is 7.11 Å². The van der Waals surface area contributed by atoms with Crippen LogP contribution in [-0.4, -0.2) is 35.5 Å². The molecule has 468 valence electrons. The van der Waals surface area contributed by atoms with Gasteiger partial charge in [0.05, 0.1) is 18.1 Å². The van der Waals surface area contributed by atoms with Gasteiger partial charge in [-0.05, 0) is 26.2 Å². The van der Waals surface area contributed by atoms with Crippen molar-refractivity contribution in [2.75, 3.05) is 7.11 Å². The number of carbonyl (C=O) groups is 1. The first-order valence-corrected chi connectivity index (χ1v) is 37.0. The van der Waals surface area contributed by atoms with Crippen LogP contribution in [0.3, 0.4) is 0 Å². The third kappa shape index (κ3) is 64.6. The van der Waals surface area contributed by atoms with Crippen molar-refractivity contribution < 1.29 is 19.7 Å². The second-order valence-corrected chi connectivity index (χ2v) is 26.2. The van der Waals surface area contributed by atoms with Crippen LogP contribution in [0, 0.1) is 5.92 Å². The largest absolute Gasteiger partial charge is 0.481 e. The van der Waals surface area contributed by atoms with Crippen molar-refractivity contribution in [3.05, 3.63) is 0 Å². The van der Waals surface area contributed by atoms with E-state index < -0.39 is 18.0 Å². The van der Waals surface area contributed by atoms with Crippen LogP contribution >= 0.6 is 0 Å². The lowest BCUT2D eigenvalue weighted by Crippen LogP contribution is -2.28. The van der Waals surface area contributed by atoms with Crippen molar-refractivity contribution >= 4 is 5.97 Å². The molecule has 0 spiro atoms. The highest BCUT2D eigenvalue weighted by Crippen LogP contribution is 2.23. The Bertz CT molecular complexity index is 1080. The standard InChI is InChI=1S/C74H148O4/c1-4-5-6-7-8-9-10-11-12-13-45-48-51-54-57-60-63-66-69-72(74(76)77)73(75)70-67-64-61-58-55-52-49-46-43-41-39-37-35-33-31-29-27-25-23-21-19-17-15-14-16-18-20-22-24-26-28-30-32-34-36-38-40-42-44-47-50-53-56-59-62-65-68-71(2)78-3/h71-73,75H,4-70H2,1-3H3,(H,76,77). The first kappa shape index (κ1) is 77.4. The predicted octanol–water partition coefficient (Wildman–Crippen LogP) is 26.2. The SMILES string of the molecule is CCCCCCCCCCCCCCCCCCCCC(C(=O)O)C(O)CCCCCCCCCCCCCCCCCCCCCCCCCCCCCCCCCCCCCCCCCCCCCCCCC(C)OC. The fraction of sp³-hybridized carbons (Fsp3) is 0.986. The Kier molecular flexibility index (Phi) is 68.3. The molecule has 4 heteroatoms. The van der Waals surface area contributed by atoms with E-state index in [-0.39, 0.29) is 0 Å². The predicted molar refractivity (Wildman–Crippen MR) is 349 cm³/mol. The molecular formula is C74H148O4. The summed E-state index contributed by atoms with van der Waals surface area (Å²) in [4.78, 5) is 11.9. The molecule has 0 aromatic rings. The number of ether oxygens (including phenoxy) is 1. The minimum absolute atomic E-state index is 0.440. The Hall–Kier alpha value is -0.610. The van der Waals surface area contributed by atoms with Crippen LogP contribution in [-0.2, 0) is 9.53 Å². The number of rotatable bonds is 71. The van der Waals surface area contributed by atoms with Crippen molar-refractivity contribution in [1.29, 1.82) is 0 Å². The number of unbranched alkanes of at least 4 members (excludes halogenated alkanes) is 62. The summed E-state index contributed by atoms with van der Waals surface area (Å²) in [6.07, 6.45) is 92.0. The van der Waals surface area contributed by atoms with Gasteiger partial charge in [-0.3, -0.25) is 4.79 Å². The molecule has 3 unspecified atom stereocenters. The molecule has 0 heterocycles. The molecule has 0 aromatic carbocycles. The van der Waals surface area contributed by atoms with Gasteiger partial charge in [0.25, 0.3) is 0 Å². The normalized spacial score (nSPS) is 13.0. The molecule has 0 amide bonds. The second kappa shape index (κ2) is 68.9. The molecule has 78 heavy (non-hydrogen) atoms. The Labute approximate surface area is 492 Å². The van der Waals surface area contributed by atoms with E-state index in [4.69, 9.17) is 4.74 Å². The van der Waals surface area contributed by atoms with E-state index in [0.29, 0.717) is 18.9 Å². The molecular weight excluding hydrogens is 953 g/mol. The molecule has 4 nitrogen and oxygen atoms in total. The van der Waals surface area contributed by atoms with Crippen molar-refractivity contribution in [3.8, 4) is 0 Å². The lowest BCUT2D eigenvalue weighted by Gasteiger charge is -2.19. The van der Waals surface area contributed by atoms with Gasteiger partial charge in [-0.25, -0.2) is 0 Å². The molecule has 0 saturated heterocycles. The Morgan fingerprint density at radius 3 is 0.590 bits per heavy atom. The van der Waals surface area contributed by atoms with E-state index in [0.717, 1.165) is 25.7 Å². The summed E-state index contributed by atoms with van der Waals surface area (Å²) in [5, 5.41) is 20.5. The number of carboxylic acids is 1. The molecule has 0 aliphatic carbocycles. The fourth-order valence-corrected chi connectivity index (χ4v) is 12.6. The summed E-state index contributed by atoms with van der Waals surface area (Å²) in [6.45, 7) is 4.48. The average Bonchev–Trinajstić information content (AvgIpc) is 3.44. The highest BCUT2D eigenvalue weighted by atomic mass is 16.5. The number of hydrogen-bond acceptors (Lipinski definition) is 3. The topological polar surface area (TPSA) is 66.8 Å². The van der Waals surface area contributed by atoms with Gasteiger partial charge in [-0.15, -0.1) is 0 Å². The number of hydrogen-bond donors (Lipinski definition) is 2. The van der Waals surface area contributed by atoms with E-state index in [1.165, 1.54) is 392 Å². The van der Waals surface area contributed by atoms with Crippen LogP contribution < -0.4 is 0 Å². The van der Waals surface area contributed by atoms with Crippen molar-refractivity contribution in [2.45, 2.75) is 456 Å². The molecule has 0 aromatic heterocycles. The first-order chi connectivity index (χ1) is 38.5. The highest BCUT2D eigenvalue weighted by molar-refractivity contribution is 5.70.